The van der Waals surface area contributed by atoms with E-state index in [4.69, 9.17) is 0 Å². The van der Waals surface area contributed by atoms with Crippen molar-refractivity contribution in [3.63, 3.8) is 0 Å². The van der Waals surface area contributed by atoms with Gasteiger partial charge in [0.1, 0.15) is 5.82 Å². The van der Waals surface area contributed by atoms with Gasteiger partial charge in [-0.25, -0.2) is 4.98 Å². The Bertz CT molecular complexity index is 1280. The number of benzene rings is 2. The van der Waals surface area contributed by atoms with Crippen LogP contribution in [0.1, 0.15) is 36.2 Å². The van der Waals surface area contributed by atoms with Crippen LogP contribution in [-0.4, -0.2) is 20.9 Å². The second-order valence-electron chi connectivity index (χ2n) is 7.99. The van der Waals surface area contributed by atoms with Crippen molar-refractivity contribution in [1.29, 1.82) is 0 Å². The van der Waals surface area contributed by atoms with Crippen molar-refractivity contribution in [2.45, 2.75) is 32.7 Å². The lowest BCUT2D eigenvalue weighted by Crippen LogP contribution is -2.28. The van der Waals surface area contributed by atoms with Crippen LogP contribution in [-0.2, 0) is 11.2 Å². The molecular formula is C27H26N4O2. The molecule has 0 bridgehead atoms. The van der Waals surface area contributed by atoms with Crippen LogP contribution >= 0.6 is 0 Å². The zero-order valence-corrected chi connectivity index (χ0v) is 18.7. The van der Waals surface area contributed by atoms with E-state index < -0.39 is 0 Å². The highest BCUT2D eigenvalue weighted by molar-refractivity contribution is 5.76. The highest BCUT2D eigenvalue weighted by Crippen LogP contribution is 2.22. The van der Waals surface area contributed by atoms with E-state index in [-0.39, 0.29) is 23.9 Å². The molecule has 4 rings (SSSR count). The maximum absolute atomic E-state index is 12.6. The quantitative estimate of drug-likeness (QED) is 0.441. The van der Waals surface area contributed by atoms with Gasteiger partial charge in [0.15, 0.2) is 0 Å². The van der Waals surface area contributed by atoms with Gasteiger partial charge in [-0.15, -0.1) is 0 Å². The predicted octanol–water partition coefficient (Wildman–Crippen LogP) is 4.62. The topological polar surface area (TPSA) is 87.7 Å². The van der Waals surface area contributed by atoms with Crippen molar-refractivity contribution in [3.05, 3.63) is 106 Å². The van der Waals surface area contributed by atoms with Crippen molar-refractivity contribution in [1.82, 2.24) is 20.3 Å². The van der Waals surface area contributed by atoms with Crippen molar-refractivity contribution < 1.29 is 4.79 Å². The SMILES string of the molecule is Cc1nc(-c2ccncc2)[nH]c(=O)c1CCC(=O)NC(C)c1ccc(-c2ccccc2)cc1. The van der Waals surface area contributed by atoms with E-state index in [1.807, 2.05) is 37.3 Å². The standard InChI is InChI=1S/C27H26N4O2/c1-18(20-8-10-22(11-9-20)21-6-4-3-5-7-21)29-25(32)13-12-24-19(2)30-26(31-27(24)33)23-14-16-28-17-15-23/h3-11,14-18H,12-13H2,1-2H3,(H,29,32)(H,30,31,33). The van der Waals surface area contributed by atoms with Gasteiger partial charge in [-0.3, -0.25) is 14.6 Å². The first-order chi connectivity index (χ1) is 16.0. The highest BCUT2D eigenvalue weighted by atomic mass is 16.1. The van der Waals surface area contributed by atoms with Gasteiger partial charge in [-0.05, 0) is 49.1 Å². The Morgan fingerprint density at radius 3 is 2.27 bits per heavy atom. The van der Waals surface area contributed by atoms with Gasteiger partial charge in [0, 0.05) is 35.6 Å². The molecule has 0 fully saturated rings. The van der Waals surface area contributed by atoms with Crippen molar-refractivity contribution in [3.8, 4) is 22.5 Å². The summed E-state index contributed by atoms with van der Waals surface area (Å²) in [5.74, 6) is 0.396. The summed E-state index contributed by atoms with van der Waals surface area (Å²) in [6.07, 6.45) is 3.85. The second kappa shape index (κ2) is 10.0. The zero-order valence-electron chi connectivity index (χ0n) is 18.7. The van der Waals surface area contributed by atoms with Gasteiger partial charge in [-0.1, -0.05) is 54.6 Å². The van der Waals surface area contributed by atoms with Crippen LogP contribution in [0, 0.1) is 6.92 Å². The predicted molar refractivity (Wildman–Crippen MR) is 130 cm³/mol. The summed E-state index contributed by atoms with van der Waals surface area (Å²) < 4.78 is 0. The van der Waals surface area contributed by atoms with Gasteiger partial charge < -0.3 is 10.3 Å². The molecular weight excluding hydrogens is 412 g/mol. The summed E-state index contributed by atoms with van der Waals surface area (Å²) in [7, 11) is 0. The van der Waals surface area contributed by atoms with Crippen LogP contribution in [0.15, 0.2) is 83.9 Å². The number of hydrogen-bond acceptors (Lipinski definition) is 4. The van der Waals surface area contributed by atoms with Crippen LogP contribution in [0.4, 0.5) is 0 Å². The highest BCUT2D eigenvalue weighted by Gasteiger charge is 2.14. The van der Waals surface area contributed by atoms with E-state index in [9.17, 15) is 9.59 Å². The van der Waals surface area contributed by atoms with Crippen LogP contribution in [0.5, 0.6) is 0 Å². The molecule has 166 valence electrons. The van der Waals surface area contributed by atoms with Crippen LogP contribution < -0.4 is 10.9 Å². The minimum Gasteiger partial charge on any atom is -0.350 e. The number of carbonyl (C=O) groups excluding carboxylic acids is 1. The molecule has 2 N–H and O–H groups in total. The van der Waals surface area contributed by atoms with Gasteiger partial charge in [-0.2, -0.15) is 0 Å². The van der Waals surface area contributed by atoms with Gasteiger partial charge >= 0.3 is 0 Å². The maximum atomic E-state index is 12.6. The number of amides is 1. The van der Waals surface area contributed by atoms with E-state index >= 15 is 0 Å². The van der Waals surface area contributed by atoms with E-state index in [0.29, 0.717) is 23.5 Å². The number of rotatable bonds is 7. The molecule has 1 unspecified atom stereocenters. The molecule has 0 aliphatic rings. The number of pyridine rings is 1. The Morgan fingerprint density at radius 1 is 0.939 bits per heavy atom. The van der Waals surface area contributed by atoms with Crippen molar-refractivity contribution in [2.24, 2.45) is 0 Å². The Kier molecular flexibility index (Phi) is 6.74. The average molecular weight is 439 g/mol. The monoisotopic (exact) mass is 438 g/mol. The first kappa shape index (κ1) is 22.1. The summed E-state index contributed by atoms with van der Waals surface area (Å²) in [6, 6.07) is 21.8. The van der Waals surface area contributed by atoms with Crippen LogP contribution in [0.3, 0.4) is 0 Å². The number of nitrogens with zero attached hydrogens (tertiary/aromatic N) is 2. The number of hydrogen-bond donors (Lipinski definition) is 2. The first-order valence-corrected chi connectivity index (χ1v) is 11.0. The third-order valence-corrected chi connectivity index (χ3v) is 5.67. The molecule has 4 aromatic rings. The molecule has 0 aliphatic heterocycles. The van der Waals surface area contributed by atoms with Crippen LogP contribution in [0.2, 0.25) is 0 Å². The lowest BCUT2D eigenvalue weighted by molar-refractivity contribution is -0.121. The van der Waals surface area contributed by atoms with E-state index in [0.717, 1.165) is 22.3 Å². The fourth-order valence-corrected chi connectivity index (χ4v) is 3.78. The molecule has 6 heteroatoms. The normalized spacial score (nSPS) is 11.7. The number of aromatic nitrogens is 3. The maximum Gasteiger partial charge on any atom is 0.254 e. The lowest BCUT2D eigenvalue weighted by Gasteiger charge is -2.15. The molecule has 6 nitrogen and oxygen atoms in total. The number of aryl methyl sites for hydroxylation is 1. The first-order valence-electron chi connectivity index (χ1n) is 11.0. The summed E-state index contributed by atoms with van der Waals surface area (Å²) in [4.78, 5) is 36.5. The summed E-state index contributed by atoms with van der Waals surface area (Å²) in [5.41, 5.74) is 5.06. The third-order valence-electron chi connectivity index (χ3n) is 5.67. The molecule has 0 aliphatic carbocycles. The smallest absolute Gasteiger partial charge is 0.254 e. The molecule has 0 saturated carbocycles. The Labute approximate surface area is 192 Å². The van der Waals surface area contributed by atoms with E-state index in [1.165, 1.54) is 0 Å². The Morgan fingerprint density at radius 2 is 1.61 bits per heavy atom. The summed E-state index contributed by atoms with van der Waals surface area (Å²) in [6.45, 7) is 3.75. The molecule has 2 aromatic heterocycles. The number of H-pyrrole nitrogens is 1. The number of carbonyl (C=O) groups is 1. The van der Waals surface area contributed by atoms with E-state index in [2.05, 4.69) is 44.5 Å². The van der Waals surface area contributed by atoms with Crippen molar-refractivity contribution >= 4 is 5.91 Å². The molecule has 2 aromatic carbocycles. The minimum atomic E-state index is -0.216. The molecule has 1 atom stereocenters. The Balaban J connectivity index is 1.37. The lowest BCUT2D eigenvalue weighted by atomic mass is 10.0. The minimum absolute atomic E-state index is 0.105. The molecule has 1 amide bonds. The molecule has 33 heavy (non-hydrogen) atoms. The van der Waals surface area contributed by atoms with Gasteiger partial charge in [0.2, 0.25) is 5.91 Å². The zero-order chi connectivity index (χ0) is 23.2. The largest absolute Gasteiger partial charge is 0.350 e. The fraction of sp³-hybridized carbons (Fsp3) is 0.185. The van der Waals surface area contributed by atoms with Crippen LogP contribution in [0.25, 0.3) is 22.5 Å². The van der Waals surface area contributed by atoms with E-state index in [1.54, 1.807) is 31.5 Å². The Hall–Kier alpha value is -4.06. The molecule has 2 heterocycles. The average Bonchev–Trinajstić information content (AvgIpc) is 2.84. The second-order valence-corrected chi connectivity index (χ2v) is 7.99. The van der Waals surface area contributed by atoms with Gasteiger partial charge in [0.05, 0.1) is 6.04 Å². The van der Waals surface area contributed by atoms with Crippen molar-refractivity contribution in [2.75, 3.05) is 0 Å². The third kappa shape index (κ3) is 5.41. The number of aromatic amines is 1. The molecule has 0 spiro atoms. The van der Waals surface area contributed by atoms with Gasteiger partial charge in [0.25, 0.3) is 5.56 Å². The summed E-state index contributed by atoms with van der Waals surface area (Å²) >= 11 is 0. The summed E-state index contributed by atoms with van der Waals surface area (Å²) in [5, 5.41) is 3.02. The molecule has 0 saturated heterocycles. The molecule has 0 radical (unpaired) electrons. The number of nitrogens with one attached hydrogen (secondary N) is 2. The fourth-order valence-electron chi connectivity index (χ4n) is 3.78.